The van der Waals surface area contributed by atoms with Crippen LogP contribution in [-0.4, -0.2) is 7.11 Å². The van der Waals surface area contributed by atoms with Gasteiger partial charge in [0.25, 0.3) is 0 Å². The Morgan fingerprint density at radius 3 is 3.00 bits per heavy atom. The quantitative estimate of drug-likeness (QED) is 0.671. The molecular weight excluding hydrogens is 262 g/mol. The fourth-order valence-corrected chi connectivity index (χ4v) is 2.81. The summed E-state index contributed by atoms with van der Waals surface area (Å²) in [5, 5.41) is 3.88. The van der Waals surface area contributed by atoms with Crippen molar-refractivity contribution in [3.05, 3.63) is 23.1 Å². The minimum absolute atomic E-state index is 0.753. The molecule has 0 fully saturated rings. The number of methoxy groups -OCH3 is 1. The Kier molecular flexibility index (Phi) is 2.65. The van der Waals surface area contributed by atoms with Gasteiger partial charge in [0, 0.05) is 10.7 Å². The van der Waals surface area contributed by atoms with Gasteiger partial charge < -0.3 is 10.5 Å². The molecule has 2 aromatic rings. The van der Waals surface area contributed by atoms with Crippen LogP contribution >= 0.6 is 27.3 Å². The Balaban J connectivity index is 2.80. The second kappa shape index (κ2) is 3.79. The average Bonchev–Trinajstić information content (AvgIpc) is 2.68. The van der Waals surface area contributed by atoms with Gasteiger partial charge in [-0.25, -0.2) is 0 Å². The predicted octanol–water partition coefficient (Wildman–Crippen LogP) is 3.39. The maximum absolute atomic E-state index is 6.02. The highest BCUT2D eigenvalue weighted by Crippen LogP contribution is 2.37. The van der Waals surface area contributed by atoms with Gasteiger partial charge in [-0.1, -0.05) is 15.9 Å². The fourth-order valence-electron chi connectivity index (χ4n) is 1.45. The summed E-state index contributed by atoms with van der Waals surface area (Å²) in [4.78, 5) is 0. The summed E-state index contributed by atoms with van der Waals surface area (Å²) >= 11 is 5.06. The monoisotopic (exact) mass is 271 g/mol. The molecule has 0 saturated heterocycles. The maximum Gasteiger partial charge on any atom is 0.127 e. The molecule has 4 heteroatoms. The van der Waals surface area contributed by atoms with E-state index >= 15 is 0 Å². The van der Waals surface area contributed by atoms with Gasteiger partial charge >= 0.3 is 0 Å². The number of benzene rings is 1. The minimum Gasteiger partial charge on any atom is -0.496 e. The van der Waals surface area contributed by atoms with Crippen LogP contribution in [0.5, 0.6) is 5.75 Å². The number of fused-ring (bicyclic) bond motifs is 1. The number of hydrogen-bond acceptors (Lipinski definition) is 3. The number of nitrogen functional groups attached to an aromatic ring is 1. The van der Waals surface area contributed by atoms with Crippen molar-refractivity contribution < 1.29 is 4.74 Å². The lowest BCUT2D eigenvalue weighted by Gasteiger charge is -2.08. The number of hydrogen-bond donors (Lipinski definition) is 1. The summed E-state index contributed by atoms with van der Waals surface area (Å²) < 4.78 is 6.42. The Morgan fingerprint density at radius 1 is 1.57 bits per heavy atom. The summed E-state index contributed by atoms with van der Waals surface area (Å²) in [5.74, 6) is 0.893. The number of rotatable bonds is 2. The normalized spacial score (nSPS) is 10.7. The molecule has 2 rings (SSSR count). The molecule has 74 valence electrons. The zero-order valence-corrected chi connectivity index (χ0v) is 10.1. The smallest absolute Gasteiger partial charge is 0.127 e. The van der Waals surface area contributed by atoms with Gasteiger partial charge in [-0.15, -0.1) is 11.3 Å². The number of nitrogens with two attached hydrogens (primary N) is 1. The minimum atomic E-state index is 0.753. The van der Waals surface area contributed by atoms with Crippen molar-refractivity contribution in [1.82, 2.24) is 0 Å². The average molecular weight is 272 g/mol. The zero-order valence-electron chi connectivity index (χ0n) is 7.71. The maximum atomic E-state index is 6.02. The van der Waals surface area contributed by atoms with Crippen molar-refractivity contribution in [3.8, 4) is 5.75 Å². The molecule has 0 unspecified atom stereocenters. The second-order valence-electron chi connectivity index (χ2n) is 2.95. The molecule has 0 spiro atoms. The summed E-state index contributed by atoms with van der Waals surface area (Å²) in [6.07, 6.45) is 0. The Bertz CT molecular complexity index is 466. The molecule has 14 heavy (non-hydrogen) atoms. The standard InChI is InChI=1S/C10H10BrNOS/c1-13-8-4-6(5-11)9(12)10-7(8)2-3-14-10/h2-4H,5,12H2,1H3. The van der Waals surface area contributed by atoms with Crippen molar-refractivity contribution in [1.29, 1.82) is 0 Å². The van der Waals surface area contributed by atoms with E-state index in [1.807, 2.05) is 17.5 Å². The molecule has 0 saturated carbocycles. The van der Waals surface area contributed by atoms with Crippen LogP contribution in [0.2, 0.25) is 0 Å². The van der Waals surface area contributed by atoms with E-state index < -0.39 is 0 Å². The number of ether oxygens (including phenoxy) is 1. The first-order chi connectivity index (χ1) is 6.77. The van der Waals surface area contributed by atoms with Gasteiger partial charge in [0.1, 0.15) is 5.75 Å². The Morgan fingerprint density at radius 2 is 2.36 bits per heavy atom. The van der Waals surface area contributed by atoms with Crippen LogP contribution in [0.1, 0.15) is 5.56 Å². The number of halogens is 1. The van der Waals surface area contributed by atoms with Gasteiger partial charge in [-0.05, 0) is 23.1 Å². The van der Waals surface area contributed by atoms with E-state index in [0.29, 0.717) is 0 Å². The molecule has 0 aliphatic carbocycles. The van der Waals surface area contributed by atoms with Crippen LogP contribution in [-0.2, 0) is 5.33 Å². The van der Waals surface area contributed by atoms with Gasteiger partial charge in [-0.3, -0.25) is 0 Å². The Hall–Kier alpha value is -0.740. The molecule has 2 nitrogen and oxygen atoms in total. The van der Waals surface area contributed by atoms with E-state index in [2.05, 4.69) is 15.9 Å². The molecule has 0 amide bonds. The van der Waals surface area contributed by atoms with Crippen LogP contribution in [0.4, 0.5) is 5.69 Å². The summed E-state index contributed by atoms with van der Waals surface area (Å²) in [6, 6.07) is 4.02. The SMILES string of the molecule is COc1cc(CBr)c(N)c2sccc12. The van der Waals surface area contributed by atoms with Crippen molar-refractivity contribution in [3.63, 3.8) is 0 Å². The van der Waals surface area contributed by atoms with E-state index in [9.17, 15) is 0 Å². The number of alkyl halides is 1. The molecule has 0 radical (unpaired) electrons. The van der Waals surface area contributed by atoms with Crippen molar-refractivity contribution in [2.24, 2.45) is 0 Å². The van der Waals surface area contributed by atoms with Crippen LogP contribution in [0, 0.1) is 0 Å². The van der Waals surface area contributed by atoms with E-state index in [0.717, 1.165) is 32.4 Å². The third-order valence-corrected chi connectivity index (χ3v) is 3.74. The van der Waals surface area contributed by atoms with Gasteiger partial charge in [0.2, 0.25) is 0 Å². The summed E-state index contributed by atoms with van der Waals surface area (Å²) in [5.41, 5.74) is 7.96. The molecule has 0 aliphatic rings. The van der Waals surface area contributed by atoms with Gasteiger partial charge in [0.05, 0.1) is 17.5 Å². The van der Waals surface area contributed by atoms with Gasteiger partial charge in [-0.2, -0.15) is 0 Å². The van der Waals surface area contributed by atoms with E-state index in [1.165, 1.54) is 0 Å². The van der Waals surface area contributed by atoms with Crippen molar-refractivity contribution in [2.75, 3.05) is 12.8 Å². The first kappa shape index (κ1) is 9.80. The van der Waals surface area contributed by atoms with E-state index in [-0.39, 0.29) is 0 Å². The molecule has 1 aromatic carbocycles. The Labute approximate surface area is 94.8 Å². The molecular formula is C10H10BrNOS. The van der Waals surface area contributed by atoms with Gasteiger partial charge in [0.15, 0.2) is 0 Å². The lowest BCUT2D eigenvalue weighted by atomic mass is 10.1. The van der Waals surface area contributed by atoms with Crippen LogP contribution in [0.25, 0.3) is 10.1 Å². The molecule has 0 aliphatic heterocycles. The molecule has 0 bridgehead atoms. The van der Waals surface area contributed by atoms with Crippen LogP contribution in [0.3, 0.4) is 0 Å². The van der Waals surface area contributed by atoms with Crippen molar-refractivity contribution >= 4 is 43.0 Å². The molecule has 1 aromatic heterocycles. The predicted molar refractivity (Wildman–Crippen MR) is 65.4 cm³/mol. The lowest BCUT2D eigenvalue weighted by molar-refractivity contribution is 0.419. The zero-order chi connectivity index (χ0) is 10.1. The number of thiophene rings is 1. The van der Waals surface area contributed by atoms with E-state index in [1.54, 1.807) is 18.4 Å². The van der Waals surface area contributed by atoms with E-state index in [4.69, 9.17) is 10.5 Å². The highest BCUT2D eigenvalue weighted by Gasteiger charge is 2.10. The molecule has 0 atom stereocenters. The highest BCUT2D eigenvalue weighted by atomic mass is 79.9. The third-order valence-electron chi connectivity index (χ3n) is 2.19. The molecule has 2 N–H and O–H groups in total. The first-order valence-corrected chi connectivity index (χ1v) is 6.16. The largest absolute Gasteiger partial charge is 0.496 e. The third kappa shape index (κ3) is 1.38. The van der Waals surface area contributed by atoms with Crippen LogP contribution in [0.15, 0.2) is 17.5 Å². The topological polar surface area (TPSA) is 35.2 Å². The van der Waals surface area contributed by atoms with Crippen LogP contribution < -0.4 is 10.5 Å². The number of anilines is 1. The second-order valence-corrected chi connectivity index (χ2v) is 4.43. The highest BCUT2D eigenvalue weighted by molar-refractivity contribution is 9.08. The van der Waals surface area contributed by atoms with Crippen molar-refractivity contribution in [2.45, 2.75) is 5.33 Å². The molecule has 1 heterocycles. The summed E-state index contributed by atoms with van der Waals surface area (Å²) in [6.45, 7) is 0. The lowest BCUT2D eigenvalue weighted by Crippen LogP contribution is -1.94. The fraction of sp³-hybridized carbons (Fsp3) is 0.200. The first-order valence-electron chi connectivity index (χ1n) is 4.16. The summed E-state index contributed by atoms with van der Waals surface area (Å²) in [7, 11) is 1.68.